The van der Waals surface area contributed by atoms with E-state index in [4.69, 9.17) is 12.2 Å². The van der Waals surface area contributed by atoms with Crippen LogP contribution < -0.4 is 10.9 Å². The zero-order chi connectivity index (χ0) is 20.2. The standard InChI is InChI=1S/C24H33N3OS/c1-2-17-12-13-22-18(14-17)15-19(23(28)26-22)16-27(21-10-6-7-11-21)24(29)25-20-8-4-3-5-9-20/h12-15,20-21H,2-11,16H2,1H3,(H,25,29)(H,26,28). The van der Waals surface area contributed by atoms with E-state index in [9.17, 15) is 4.79 Å². The van der Waals surface area contributed by atoms with E-state index in [1.54, 1.807) is 0 Å². The summed E-state index contributed by atoms with van der Waals surface area (Å²) in [6.45, 7) is 2.75. The Bertz CT molecular complexity index is 910. The first-order chi connectivity index (χ1) is 14.1. The first-order valence-corrected chi connectivity index (χ1v) is 11.8. The highest BCUT2D eigenvalue weighted by atomic mass is 32.1. The summed E-state index contributed by atoms with van der Waals surface area (Å²) in [5.74, 6) is 0. The van der Waals surface area contributed by atoms with E-state index in [0.29, 0.717) is 18.6 Å². The summed E-state index contributed by atoms with van der Waals surface area (Å²) < 4.78 is 0. The van der Waals surface area contributed by atoms with Crippen LogP contribution in [0, 0.1) is 0 Å². The van der Waals surface area contributed by atoms with Gasteiger partial charge in [0, 0.05) is 23.2 Å². The first-order valence-electron chi connectivity index (χ1n) is 11.4. The lowest BCUT2D eigenvalue weighted by Crippen LogP contribution is -2.49. The van der Waals surface area contributed by atoms with E-state index in [-0.39, 0.29) is 5.56 Å². The van der Waals surface area contributed by atoms with E-state index in [1.165, 1.54) is 50.5 Å². The Morgan fingerprint density at radius 3 is 2.55 bits per heavy atom. The number of hydrogen-bond acceptors (Lipinski definition) is 2. The van der Waals surface area contributed by atoms with Gasteiger partial charge in [0.25, 0.3) is 5.56 Å². The highest BCUT2D eigenvalue weighted by Crippen LogP contribution is 2.26. The molecule has 0 bridgehead atoms. The minimum atomic E-state index is 0.00483. The molecule has 156 valence electrons. The van der Waals surface area contributed by atoms with Crippen molar-refractivity contribution in [2.75, 3.05) is 0 Å². The number of nitrogens with one attached hydrogen (secondary N) is 2. The van der Waals surface area contributed by atoms with Crippen LogP contribution in [0.4, 0.5) is 0 Å². The van der Waals surface area contributed by atoms with E-state index in [1.807, 2.05) is 6.07 Å². The molecule has 2 N–H and O–H groups in total. The van der Waals surface area contributed by atoms with Gasteiger partial charge in [-0.1, -0.05) is 45.1 Å². The fraction of sp³-hybridized carbons (Fsp3) is 0.583. The Labute approximate surface area is 179 Å². The molecule has 2 fully saturated rings. The molecule has 1 heterocycles. The van der Waals surface area contributed by atoms with Gasteiger partial charge in [0.15, 0.2) is 5.11 Å². The normalized spacial score (nSPS) is 18.2. The molecule has 1 aromatic heterocycles. The van der Waals surface area contributed by atoms with Crippen LogP contribution in [-0.2, 0) is 13.0 Å². The molecule has 0 saturated heterocycles. The van der Waals surface area contributed by atoms with Crippen LogP contribution in [0.1, 0.15) is 75.8 Å². The summed E-state index contributed by atoms with van der Waals surface area (Å²) >= 11 is 5.87. The van der Waals surface area contributed by atoms with Gasteiger partial charge in [-0.05, 0) is 73.5 Å². The Morgan fingerprint density at radius 1 is 1.10 bits per heavy atom. The van der Waals surface area contributed by atoms with E-state index >= 15 is 0 Å². The highest BCUT2D eigenvalue weighted by Gasteiger charge is 2.27. The van der Waals surface area contributed by atoms with Crippen LogP contribution in [0.25, 0.3) is 10.9 Å². The lowest BCUT2D eigenvalue weighted by atomic mass is 9.96. The average molecular weight is 412 g/mol. The van der Waals surface area contributed by atoms with E-state index in [2.05, 4.69) is 40.3 Å². The Morgan fingerprint density at radius 2 is 1.83 bits per heavy atom. The lowest BCUT2D eigenvalue weighted by molar-refractivity contribution is 0.292. The molecule has 1 aromatic carbocycles. The van der Waals surface area contributed by atoms with Crippen LogP contribution in [0.5, 0.6) is 0 Å². The first kappa shape index (κ1) is 20.4. The van der Waals surface area contributed by atoms with Crippen LogP contribution >= 0.6 is 12.2 Å². The Kier molecular flexibility index (Phi) is 6.53. The van der Waals surface area contributed by atoms with Gasteiger partial charge < -0.3 is 15.2 Å². The van der Waals surface area contributed by atoms with Gasteiger partial charge in [0.2, 0.25) is 0 Å². The molecule has 4 nitrogen and oxygen atoms in total. The minimum Gasteiger partial charge on any atom is -0.360 e. The molecule has 4 rings (SSSR count). The second-order valence-electron chi connectivity index (χ2n) is 8.75. The van der Waals surface area contributed by atoms with Crippen molar-refractivity contribution in [1.29, 1.82) is 0 Å². The lowest BCUT2D eigenvalue weighted by Gasteiger charge is -2.34. The van der Waals surface area contributed by atoms with E-state index in [0.717, 1.165) is 40.8 Å². The highest BCUT2D eigenvalue weighted by molar-refractivity contribution is 7.80. The van der Waals surface area contributed by atoms with Crippen molar-refractivity contribution in [3.8, 4) is 0 Å². The van der Waals surface area contributed by atoms with Crippen molar-refractivity contribution >= 4 is 28.2 Å². The maximum Gasteiger partial charge on any atom is 0.253 e. The number of aromatic amines is 1. The molecular weight excluding hydrogens is 378 g/mol. The van der Waals surface area contributed by atoms with Gasteiger partial charge in [-0.15, -0.1) is 0 Å². The second-order valence-corrected chi connectivity index (χ2v) is 9.14. The molecular formula is C24H33N3OS. The van der Waals surface area contributed by atoms with Gasteiger partial charge >= 0.3 is 0 Å². The SMILES string of the molecule is CCc1ccc2[nH]c(=O)c(CN(C(=S)NC3CCCCC3)C3CCCC3)cc2c1. The van der Waals surface area contributed by atoms with E-state index < -0.39 is 0 Å². The molecule has 0 atom stereocenters. The molecule has 0 unspecified atom stereocenters. The Balaban J connectivity index is 1.58. The van der Waals surface area contributed by atoms with Gasteiger partial charge in [-0.3, -0.25) is 4.79 Å². The summed E-state index contributed by atoms with van der Waals surface area (Å²) in [7, 11) is 0. The number of aryl methyl sites for hydroxylation is 1. The third-order valence-electron chi connectivity index (χ3n) is 6.69. The quantitative estimate of drug-likeness (QED) is 0.677. The fourth-order valence-electron chi connectivity index (χ4n) is 4.91. The molecule has 2 saturated carbocycles. The van der Waals surface area contributed by atoms with Gasteiger partial charge in [0.05, 0.1) is 6.54 Å². The number of hydrogen-bond donors (Lipinski definition) is 2. The summed E-state index contributed by atoms with van der Waals surface area (Å²) in [4.78, 5) is 18.2. The maximum atomic E-state index is 12.8. The number of nitrogens with zero attached hydrogens (tertiary/aromatic N) is 1. The number of aromatic nitrogens is 1. The molecule has 0 aliphatic heterocycles. The maximum absolute atomic E-state index is 12.8. The van der Waals surface area contributed by atoms with Crippen molar-refractivity contribution in [3.05, 3.63) is 45.7 Å². The summed E-state index contributed by atoms with van der Waals surface area (Å²) in [6.07, 6.45) is 12.1. The second kappa shape index (κ2) is 9.29. The van der Waals surface area contributed by atoms with Crippen molar-refractivity contribution < 1.29 is 0 Å². The van der Waals surface area contributed by atoms with Crippen molar-refractivity contribution in [3.63, 3.8) is 0 Å². The van der Waals surface area contributed by atoms with Crippen molar-refractivity contribution in [2.24, 2.45) is 0 Å². The van der Waals surface area contributed by atoms with Crippen molar-refractivity contribution in [2.45, 2.75) is 89.8 Å². The number of pyridine rings is 1. The molecule has 0 amide bonds. The predicted molar refractivity (Wildman–Crippen MR) is 124 cm³/mol. The third kappa shape index (κ3) is 4.82. The van der Waals surface area contributed by atoms with Crippen LogP contribution in [0.3, 0.4) is 0 Å². The number of benzene rings is 1. The average Bonchev–Trinajstić information content (AvgIpc) is 3.27. The number of H-pyrrole nitrogens is 1. The molecule has 0 spiro atoms. The smallest absolute Gasteiger partial charge is 0.253 e. The van der Waals surface area contributed by atoms with Gasteiger partial charge in [0.1, 0.15) is 0 Å². The summed E-state index contributed by atoms with van der Waals surface area (Å²) in [6, 6.07) is 9.29. The molecule has 2 aliphatic carbocycles. The Hall–Kier alpha value is -1.88. The minimum absolute atomic E-state index is 0.00483. The molecule has 5 heteroatoms. The van der Waals surface area contributed by atoms with Crippen LogP contribution in [0.2, 0.25) is 0 Å². The molecule has 2 aromatic rings. The van der Waals surface area contributed by atoms with Gasteiger partial charge in [-0.2, -0.15) is 0 Å². The predicted octanol–water partition coefficient (Wildman–Crippen LogP) is 5.04. The zero-order valence-electron chi connectivity index (χ0n) is 17.5. The number of thiocarbonyl (C=S) groups is 1. The largest absolute Gasteiger partial charge is 0.360 e. The third-order valence-corrected chi connectivity index (χ3v) is 7.05. The van der Waals surface area contributed by atoms with Crippen LogP contribution in [0.15, 0.2) is 29.1 Å². The summed E-state index contributed by atoms with van der Waals surface area (Å²) in [5, 5.41) is 5.58. The molecule has 29 heavy (non-hydrogen) atoms. The fourth-order valence-corrected chi connectivity index (χ4v) is 5.29. The molecule has 2 aliphatic rings. The monoisotopic (exact) mass is 411 g/mol. The number of fused-ring (bicyclic) bond motifs is 1. The molecule has 0 radical (unpaired) electrons. The number of rotatable bonds is 5. The van der Waals surface area contributed by atoms with Crippen LogP contribution in [-0.4, -0.2) is 27.1 Å². The topological polar surface area (TPSA) is 48.1 Å². The van der Waals surface area contributed by atoms with Crippen molar-refractivity contribution in [1.82, 2.24) is 15.2 Å². The summed E-state index contributed by atoms with van der Waals surface area (Å²) in [5.41, 5.74) is 3.01. The zero-order valence-corrected chi connectivity index (χ0v) is 18.3. The van der Waals surface area contributed by atoms with Gasteiger partial charge in [-0.25, -0.2) is 0 Å².